The number of thioether (sulfide) groups is 1. The molecule has 7 nitrogen and oxygen atoms in total. The predicted octanol–water partition coefficient (Wildman–Crippen LogP) is 2.24. The van der Waals surface area contributed by atoms with E-state index in [0.717, 1.165) is 17.8 Å². The number of rotatable bonds is 4. The average molecular weight is 328 g/mol. The van der Waals surface area contributed by atoms with Crippen LogP contribution in [0.3, 0.4) is 0 Å². The number of benzene rings is 1. The molecule has 3 aromatic rings. The largest absolute Gasteiger partial charge is 0.396 e. The molecule has 0 radical (unpaired) electrons. The monoisotopic (exact) mass is 327 g/mol. The Balaban J connectivity index is 1.60. The normalized spacial score (nSPS) is 11.0. The lowest BCUT2D eigenvalue weighted by Gasteiger charge is -2.05. The van der Waals surface area contributed by atoms with Crippen LogP contribution in [0.5, 0.6) is 0 Å². The first-order chi connectivity index (χ1) is 10.1. The molecule has 3 rings (SSSR count). The molecule has 0 bridgehead atoms. The van der Waals surface area contributed by atoms with Crippen LogP contribution in [-0.2, 0) is 4.79 Å². The first kappa shape index (κ1) is 13.8. The Kier molecular flexibility index (Phi) is 3.76. The van der Waals surface area contributed by atoms with Crippen LogP contribution in [0.2, 0.25) is 5.02 Å². The highest BCUT2D eigenvalue weighted by Crippen LogP contribution is 2.23. The van der Waals surface area contributed by atoms with Crippen LogP contribution in [0.25, 0.3) is 5.84 Å². The minimum absolute atomic E-state index is 0.0603. The van der Waals surface area contributed by atoms with Gasteiger partial charge in [0.2, 0.25) is 5.91 Å². The van der Waals surface area contributed by atoms with Gasteiger partial charge in [-0.1, -0.05) is 28.5 Å². The number of halogens is 2. The van der Waals surface area contributed by atoms with Crippen LogP contribution in [-0.4, -0.2) is 31.5 Å². The van der Waals surface area contributed by atoms with Crippen molar-refractivity contribution < 1.29 is 13.6 Å². The molecule has 10 heteroatoms. The van der Waals surface area contributed by atoms with Gasteiger partial charge in [0.25, 0.3) is 5.22 Å². The summed E-state index contributed by atoms with van der Waals surface area (Å²) in [5.74, 6) is -0.476. The van der Waals surface area contributed by atoms with Crippen LogP contribution >= 0.6 is 23.4 Å². The standard InChI is InChI=1S/C11H7ClFN5O2S/c12-7-3-6(13)1-2-8(7)15-9(19)4-21-11-17-18-5-14-16-10(18)20-11/h1-3,5H,4H2,(H,15,19). The Hall–Kier alpha value is -2.13. The van der Waals surface area contributed by atoms with Gasteiger partial charge in [-0.25, -0.2) is 4.39 Å². The van der Waals surface area contributed by atoms with E-state index in [9.17, 15) is 9.18 Å². The van der Waals surface area contributed by atoms with E-state index in [1.807, 2.05) is 0 Å². The molecule has 0 atom stereocenters. The molecular formula is C11H7ClFN5O2S. The number of nitrogens with one attached hydrogen (secondary N) is 1. The van der Waals surface area contributed by atoms with Gasteiger partial charge in [0.1, 0.15) is 12.1 Å². The topological polar surface area (TPSA) is 85.3 Å². The van der Waals surface area contributed by atoms with Gasteiger partial charge in [-0.2, -0.15) is 4.52 Å². The maximum atomic E-state index is 12.9. The third kappa shape index (κ3) is 3.14. The molecule has 0 unspecified atom stereocenters. The van der Waals surface area contributed by atoms with Crippen molar-refractivity contribution in [2.75, 3.05) is 11.1 Å². The fraction of sp³-hybridized carbons (Fsp3) is 0.0909. The molecule has 2 aromatic heterocycles. The number of aromatic nitrogens is 4. The molecule has 0 saturated heterocycles. The molecule has 0 spiro atoms. The van der Waals surface area contributed by atoms with Crippen molar-refractivity contribution in [3.63, 3.8) is 0 Å². The van der Waals surface area contributed by atoms with Crippen LogP contribution in [0, 0.1) is 5.82 Å². The summed E-state index contributed by atoms with van der Waals surface area (Å²) in [6.45, 7) is 0. The number of carbonyl (C=O) groups is 1. The number of fused-ring (bicyclic) bond motifs is 1. The summed E-state index contributed by atoms with van der Waals surface area (Å²) < 4.78 is 19.5. The molecule has 0 fully saturated rings. The molecule has 0 aliphatic heterocycles. The molecular weight excluding hydrogens is 321 g/mol. The highest BCUT2D eigenvalue weighted by molar-refractivity contribution is 7.99. The summed E-state index contributed by atoms with van der Waals surface area (Å²) in [4.78, 5) is 11.8. The quantitative estimate of drug-likeness (QED) is 0.740. The summed E-state index contributed by atoms with van der Waals surface area (Å²) in [6.07, 6.45) is 1.39. The molecule has 1 N–H and O–H groups in total. The average Bonchev–Trinajstić information content (AvgIpc) is 3.00. The molecule has 21 heavy (non-hydrogen) atoms. The van der Waals surface area contributed by atoms with E-state index in [1.165, 1.54) is 23.0 Å². The summed E-state index contributed by atoms with van der Waals surface area (Å²) in [6, 6.07) is 3.73. The zero-order valence-electron chi connectivity index (χ0n) is 10.3. The summed E-state index contributed by atoms with van der Waals surface area (Å²) in [7, 11) is 0. The highest BCUT2D eigenvalue weighted by Gasteiger charge is 2.11. The maximum Gasteiger partial charge on any atom is 0.345 e. The molecule has 1 aromatic carbocycles. The lowest BCUT2D eigenvalue weighted by molar-refractivity contribution is -0.113. The van der Waals surface area contributed by atoms with E-state index >= 15 is 0 Å². The van der Waals surface area contributed by atoms with E-state index in [2.05, 4.69) is 20.6 Å². The summed E-state index contributed by atoms with van der Waals surface area (Å²) in [5, 5.41) is 14.3. The van der Waals surface area contributed by atoms with Gasteiger partial charge in [0.15, 0.2) is 0 Å². The second-order valence-electron chi connectivity index (χ2n) is 3.89. The van der Waals surface area contributed by atoms with E-state index in [-0.39, 0.29) is 22.5 Å². The second-order valence-corrected chi connectivity index (χ2v) is 5.22. The Morgan fingerprint density at radius 1 is 1.52 bits per heavy atom. The SMILES string of the molecule is O=C(CSc1nn2cnnc2o1)Nc1ccc(F)cc1Cl. The smallest absolute Gasteiger partial charge is 0.345 e. The van der Waals surface area contributed by atoms with E-state index in [0.29, 0.717) is 10.9 Å². The van der Waals surface area contributed by atoms with E-state index in [1.54, 1.807) is 0 Å². The highest BCUT2D eigenvalue weighted by atomic mass is 35.5. The maximum absolute atomic E-state index is 12.9. The van der Waals surface area contributed by atoms with Crippen LogP contribution in [0.4, 0.5) is 10.1 Å². The molecule has 0 saturated carbocycles. The van der Waals surface area contributed by atoms with Gasteiger partial charge in [-0.05, 0) is 18.2 Å². The van der Waals surface area contributed by atoms with Crippen molar-refractivity contribution in [1.82, 2.24) is 19.8 Å². The van der Waals surface area contributed by atoms with Gasteiger partial charge >= 0.3 is 5.84 Å². The van der Waals surface area contributed by atoms with E-state index < -0.39 is 5.82 Å². The third-order valence-corrected chi connectivity index (χ3v) is 3.53. The van der Waals surface area contributed by atoms with Crippen molar-refractivity contribution in [1.29, 1.82) is 0 Å². The van der Waals surface area contributed by atoms with Gasteiger partial charge in [-0.3, -0.25) is 4.79 Å². The Morgan fingerprint density at radius 3 is 3.14 bits per heavy atom. The number of carbonyl (C=O) groups excluding carboxylic acids is 1. The summed E-state index contributed by atoms with van der Waals surface area (Å²) >= 11 is 6.91. The number of hydrogen-bond acceptors (Lipinski definition) is 6. The zero-order valence-corrected chi connectivity index (χ0v) is 11.9. The fourth-order valence-electron chi connectivity index (χ4n) is 1.50. The van der Waals surface area contributed by atoms with E-state index in [4.69, 9.17) is 16.0 Å². The van der Waals surface area contributed by atoms with Crippen molar-refractivity contribution >= 4 is 40.8 Å². The second kappa shape index (κ2) is 5.70. The van der Waals surface area contributed by atoms with Gasteiger partial charge in [0, 0.05) is 0 Å². The predicted molar refractivity (Wildman–Crippen MR) is 73.8 cm³/mol. The molecule has 0 aliphatic rings. The first-order valence-electron chi connectivity index (χ1n) is 5.66. The lowest BCUT2D eigenvalue weighted by Crippen LogP contribution is -2.14. The Morgan fingerprint density at radius 2 is 2.38 bits per heavy atom. The first-order valence-corrected chi connectivity index (χ1v) is 7.03. The number of amides is 1. The molecule has 0 aliphatic carbocycles. The van der Waals surface area contributed by atoms with Crippen molar-refractivity contribution in [2.24, 2.45) is 0 Å². The van der Waals surface area contributed by atoms with Crippen molar-refractivity contribution in [3.05, 3.63) is 35.4 Å². The van der Waals surface area contributed by atoms with Crippen LogP contribution in [0.1, 0.15) is 0 Å². The van der Waals surface area contributed by atoms with Gasteiger partial charge < -0.3 is 9.73 Å². The number of hydrogen-bond donors (Lipinski definition) is 1. The number of anilines is 1. The Bertz CT molecular complexity index is 776. The van der Waals surface area contributed by atoms with Gasteiger partial charge in [-0.15, -0.1) is 10.2 Å². The van der Waals surface area contributed by atoms with Crippen molar-refractivity contribution in [3.8, 4) is 0 Å². The zero-order chi connectivity index (χ0) is 14.8. The molecule has 108 valence electrons. The minimum atomic E-state index is -0.468. The van der Waals surface area contributed by atoms with Crippen LogP contribution < -0.4 is 5.32 Å². The number of nitrogens with zero attached hydrogens (tertiary/aromatic N) is 4. The minimum Gasteiger partial charge on any atom is -0.396 e. The molecule has 1 amide bonds. The van der Waals surface area contributed by atoms with Crippen LogP contribution in [0.15, 0.2) is 34.2 Å². The van der Waals surface area contributed by atoms with Gasteiger partial charge in [0.05, 0.1) is 16.5 Å². The van der Waals surface area contributed by atoms with Crippen molar-refractivity contribution in [2.45, 2.75) is 5.22 Å². The lowest BCUT2D eigenvalue weighted by atomic mass is 10.3. The molecule has 2 heterocycles. The third-order valence-electron chi connectivity index (χ3n) is 2.40. The summed E-state index contributed by atoms with van der Waals surface area (Å²) in [5.41, 5.74) is 0.343. The Labute approximate surface area is 126 Å². The fourth-order valence-corrected chi connectivity index (χ4v) is 2.32.